The first kappa shape index (κ1) is 20.3. The van der Waals surface area contributed by atoms with Crippen molar-refractivity contribution >= 4 is 23.2 Å². The van der Waals surface area contributed by atoms with Gasteiger partial charge >= 0.3 is 0 Å². The molecule has 0 saturated carbocycles. The highest BCUT2D eigenvalue weighted by Crippen LogP contribution is 2.31. The molecule has 0 aromatic heterocycles. The van der Waals surface area contributed by atoms with Crippen LogP contribution in [0.5, 0.6) is 0 Å². The van der Waals surface area contributed by atoms with Crippen molar-refractivity contribution in [3.05, 3.63) is 0 Å². The molecule has 0 aromatic rings. The summed E-state index contributed by atoms with van der Waals surface area (Å²) in [7, 11) is 0. The fraction of sp³-hybridized carbons (Fsp3) is 0.733. The first-order chi connectivity index (χ1) is 11.4. The lowest BCUT2D eigenvalue weighted by Gasteiger charge is -2.36. The van der Waals surface area contributed by atoms with E-state index in [0.717, 1.165) is 26.3 Å². The molecule has 0 aromatic carbocycles. The zero-order chi connectivity index (χ0) is 18.1. The molecule has 8 nitrogen and oxygen atoms in total. The van der Waals surface area contributed by atoms with Crippen LogP contribution in [0.2, 0.25) is 0 Å². The number of aliphatic hydroxyl groups excluding tert-OH is 1. The standard InChI is InChI=1S/C11H14N4O2S.C4H9NO/c1-5(2)7(6(3-12)4-13)8-9(16)14-11(18)15-10(8)17;1-3-6-4-2-5-1/h5-9,16H,1-2H3,(H2,14,15,17,18);5H,1-4H2. The topological polar surface area (TPSA) is 130 Å². The van der Waals surface area contributed by atoms with E-state index in [-0.39, 0.29) is 11.0 Å². The first-order valence-electron chi connectivity index (χ1n) is 7.79. The van der Waals surface area contributed by atoms with Gasteiger partial charge in [-0.25, -0.2) is 0 Å². The molecule has 132 valence electrons. The summed E-state index contributed by atoms with van der Waals surface area (Å²) in [4.78, 5) is 11.9. The third kappa shape index (κ3) is 5.69. The lowest BCUT2D eigenvalue weighted by molar-refractivity contribution is -0.133. The van der Waals surface area contributed by atoms with Crippen molar-refractivity contribution in [3.8, 4) is 12.1 Å². The summed E-state index contributed by atoms with van der Waals surface area (Å²) in [6, 6.07) is 3.74. The van der Waals surface area contributed by atoms with Gasteiger partial charge in [-0.3, -0.25) is 4.79 Å². The van der Waals surface area contributed by atoms with Gasteiger partial charge in [-0.05, 0) is 18.1 Å². The van der Waals surface area contributed by atoms with Gasteiger partial charge in [0.1, 0.15) is 12.1 Å². The van der Waals surface area contributed by atoms with E-state index in [0.29, 0.717) is 0 Å². The van der Waals surface area contributed by atoms with Crippen LogP contribution < -0.4 is 16.0 Å². The molecule has 2 saturated heterocycles. The summed E-state index contributed by atoms with van der Waals surface area (Å²) < 4.78 is 5.01. The van der Waals surface area contributed by atoms with Crippen molar-refractivity contribution in [1.29, 1.82) is 10.5 Å². The number of carbonyl (C=O) groups excluding carboxylic acids is 1. The van der Waals surface area contributed by atoms with Crippen LogP contribution in [0.15, 0.2) is 0 Å². The number of nitrogens with zero attached hydrogens (tertiary/aromatic N) is 2. The van der Waals surface area contributed by atoms with Crippen LogP contribution in [0.4, 0.5) is 0 Å². The molecule has 3 atom stereocenters. The highest BCUT2D eigenvalue weighted by atomic mass is 32.1. The van der Waals surface area contributed by atoms with E-state index in [9.17, 15) is 9.90 Å². The largest absolute Gasteiger partial charge is 0.379 e. The summed E-state index contributed by atoms with van der Waals surface area (Å²) >= 11 is 4.75. The van der Waals surface area contributed by atoms with Gasteiger partial charge in [-0.2, -0.15) is 10.5 Å². The maximum atomic E-state index is 11.9. The van der Waals surface area contributed by atoms with Gasteiger partial charge in [0.05, 0.1) is 31.3 Å². The van der Waals surface area contributed by atoms with Crippen LogP contribution >= 0.6 is 12.2 Å². The summed E-state index contributed by atoms with van der Waals surface area (Å²) in [6.07, 6.45) is -1.18. The number of hydrogen-bond acceptors (Lipinski definition) is 7. The molecular weight excluding hydrogens is 330 g/mol. The second-order valence-electron chi connectivity index (χ2n) is 5.85. The Balaban J connectivity index is 0.000000400. The first-order valence-corrected chi connectivity index (χ1v) is 8.20. The summed E-state index contributed by atoms with van der Waals surface area (Å²) in [6.45, 7) is 7.44. The Hall–Kier alpha value is -1.78. The molecule has 0 bridgehead atoms. The van der Waals surface area contributed by atoms with Crippen LogP contribution in [-0.2, 0) is 9.53 Å². The average Bonchev–Trinajstić information content (AvgIpc) is 2.55. The Morgan fingerprint density at radius 1 is 1.29 bits per heavy atom. The molecule has 0 aliphatic carbocycles. The van der Waals surface area contributed by atoms with Crippen LogP contribution in [0, 0.1) is 46.3 Å². The number of aliphatic hydroxyl groups is 1. The fourth-order valence-electron chi connectivity index (χ4n) is 2.71. The number of ether oxygens (including phenoxy) is 1. The van der Waals surface area contributed by atoms with Crippen LogP contribution in [0.1, 0.15) is 13.8 Å². The average molecular weight is 353 g/mol. The highest BCUT2D eigenvalue weighted by Gasteiger charge is 2.43. The summed E-state index contributed by atoms with van der Waals surface area (Å²) in [5.41, 5.74) is 0. The third-order valence-corrected chi connectivity index (χ3v) is 4.07. The quantitative estimate of drug-likeness (QED) is 0.498. The van der Waals surface area contributed by atoms with Gasteiger partial charge in [-0.15, -0.1) is 0 Å². The van der Waals surface area contributed by atoms with Crippen molar-refractivity contribution in [1.82, 2.24) is 16.0 Å². The summed E-state index contributed by atoms with van der Waals surface area (Å²) in [5, 5.41) is 36.0. The van der Waals surface area contributed by atoms with Crippen molar-refractivity contribution in [2.75, 3.05) is 26.3 Å². The minimum absolute atomic E-state index is 0.0525. The lowest BCUT2D eigenvalue weighted by Crippen LogP contribution is -2.61. The fourth-order valence-corrected chi connectivity index (χ4v) is 2.93. The van der Waals surface area contributed by atoms with Gasteiger partial charge in [-0.1, -0.05) is 13.8 Å². The molecule has 2 aliphatic heterocycles. The van der Waals surface area contributed by atoms with Crippen molar-refractivity contribution in [2.45, 2.75) is 20.1 Å². The Morgan fingerprint density at radius 3 is 2.21 bits per heavy atom. The van der Waals surface area contributed by atoms with Gasteiger partial charge < -0.3 is 25.8 Å². The van der Waals surface area contributed by atoms with Crippen LogP contribution in [0.3, 0.4) is 0 Å². The third-order valence-electron chi connectivity index (χ3n) is 3.85. The second kappa shape index (κ2) is 10.2. The van der Waals surface area contributed by atoms with Gasteiger partial charge in [0.25, 0.3) is 0 Å². The molecule has 9 heteroatoms. The van der Waals surface area contributed by atoms with E-state index >= 15 is 0 Å². The van der Waals surface area contributed by atoms with Crippen molar-refractivity contribution in [2.24, 2.45) is 23.7 Å². The molecule has 3 unspecified atom stereocenters. The van der Waals surface area contributed by atoms with E-state index in [1.54, 1.807) is 13.8 Å². The minimum Gasteiger partial charge on any atom is -0.379 e. The molecular formula is C15H23N5O3S. The number of carbonyl (C=O) groups is 1. The predicted molar refractivity (Wildman–Crippen MR) is 90.1 cm³/mol. The number of rotatable bonds is 3. The Bertz CT molecular complexity index is 499. The van der Waals surface area contributed by atoms with E-state index < -0.39 is 29.9 Å². The van der Waals surface area contributed by atoms with E-state index in [1.807, 2.05) is 12.1 Å². The number of hydrogen-bond donors (Lipinski definition) is 4. The predicted octanol–water partition coefficient (Wildman–Crippen LogP) is -0.533. The van der Waals surface area contributed by atoms with Gasteiger partial charge in [0.2, 0.25) is 5.91 Å². The van der Waals surface area contributed by atoms with E-state index in [2.05, 4.69) is 16.0 Å². The molecule has 4 N–H and O–H groups in total. The molecule has 2 heterocycles. The number of amides is 1. The Kier molecular flexibility index (Phi) is 8.58. The minimum atomic E-state index is -1.18. The van der Waals surface area contributed by atoms with Crippen molar-refractivity contribution < 1.29 is 14.6 Å². The Morgan fingerprint density at radius 2 is 1.88 bits per heavy atom. The molecule has 2 aliphatic rings. The Labute approximate surface area is 147 Å². The number of thiocarbonyl (C=S) groups is 1. The number of nitriles is 2. The maximum absolute atomic E-state index is 11.9. The molecule has 0 radical (unpaired) electrons. The van der Waals surface area contributed by atoms with Gasteiger partial charge in [0.15, 0.2) is 5.11 Å². The van der Waals surface area contributed by atoms with E-state index in [4.69, 9.17) is 27.5 Å². The second-order valence-corrected chi connectivity index (χ2v) is 6.26. The molecule has 0 spiro atoms. The van der Waals surface area contributed by atoms with Crippen LogP contribution in [0.25, 0.3) is 0 Å². The molecule has 2 fully saturated rings. The summed E-state index contributed by atoms with van der Waals surface area (Å²) in [5.74, 6) is -2.95. The van der Waals surface area contributed by atoms with Crippen molar-refractivity contribution in [3.63, 3.8) is 0 Å². The molecule has 24 heavy (non-hydrogen) atoms. The zero-order valence-electron chi connectivity index (χ0n) is 13.8. The molecule has 2 rings (SSSR count). The maximum Gasteiger partial charge on any atom is 0.234 e. The smallest absolute Gasteiger partial charge is 0.234 e. The number of morpholine rings is 1. The van der Waals surface area contributed by atoms with Crippen LogP contribution in [-0.4, -0.2) is 48.7 Å². The lowest BCUT2D eigenvalue weighted by atomic mass is 9.74. The number of nitrogens with one attached hydrogen (secondary N) is 3. The molecule has 1 amide bonds. The normalized spacial score (nSPS) is 24.8. The van der Waals surface area contributed by atoms with Gasteiger partial charge in [0, 0.05) is 19.0 Å². The zero-order valence-corrected chi connectivity index (χ0v) is 14.6. The highest BCUT2D eigenvalue weighted by molar-refractivity contribution is 7.80. The SMILES string of the molecule is C1COCCN1.CC(C)C(C(C#N)C#N)C1C(=O)NC(=S)NC1O. The monoisotopic (exact) mass is 353 g/mol. The van der Waals surface area contributed by atoms with E-state index in [1.165, 1.54) is 0 Å².